The van der Waals surface area contributed by atoms with Crippen molar-refractivity contribution in [1.29, 1.82) is 5.26 Å². The van der Waals surface area contributed by atoms with Gasteiger partial charge in [-0.3, -0.25) is 0 Å². The van der Waals surface area contributed by atoms with Gasteiger partial charge in [0, 0.05) is 10.2 Å². The summed E-state index contributed by atoms with van der Waals surface area (Å²) in [5, 5.41) is 12.8. The van der Waals surface area contributed by atoms with E-state index < -0.39 is 0 Å². The summed E-state index contributed by atoms with van der Waals surface area (Å²) in [5.74, 6) is 0.645. The maximum atomic E-state index is 9.51. The fraction of sp³-hybridized carbons (Fsp3) is 0.235. The molecule has 1 aliphatic rings. The Kier molecular flexibility index (Phi) is 3.75. The summed E-state index contributed by atoms with van der Waals surface area (Å²) >= 11 is 3.46. The number of nitrogens with one attached hydrogen (secondary N) is 1. The average Bonchev–Trinajstić information content (AvgIpc) is 3.29. The SMILES string of the molecule is N#CC(Nc1cccc(Br)c1)c1ccccc1C1CC1. The highest BCUT2D eigenvalue weighted by molar-refractivity contribution is 9.10. The first-order valence-electron chi connectivity index (χ1n) is 6.78. The van der Waals surface area contributed by atoms with Gasteiger partial charge in [0.2, 0.25) is 0 Å². The molecule has 0 radical (unpaired) electrons. The van der Waals surface area contributed by atoms with Crippen molar-refractivity contribution >= 4 is 21.6 Å². The van der Waals surface area contributed by atoms with Crippen molar-refractivity contribution in [2.45, 2.75) is 24.8 Å². The molecule has 2 nitrogen and oxygen atoms in total. The van der Waals surface area contributed by atoms with Gasteiger partial charge in [-0.25, -0.2) is 0 Å². The average molecular weight is 327 g/mol. The largest absolute Gasteiger partial charge is 0.366 e. The van der Waals surface area contributed by atoms with Gasteiger partial charge >= 0.3 is 0 Å². The molecule has 20 heavy (non-hydrogen) atoms. The van der Waals surface area contributed by atoms with E-state index in [2.05, 4.69) is 45.5 Å². The molecule has 1 fully saturated rings. The van der Waals surface area contributed by atoms with Gasteiger partial charge in [-0.15, -0.1) is 0 Å². The molecule has 1 aliphatic carbocycles. The lowest BCUT2D eigenvalue weighted by Gasteiger charge is -2.17. The molecule has 0 heterocycles. The van der Waals surface area contributed by atoms with Crippen molar-refractivity contribution < 1.29 is 0 Å². The summed E-state index contributed by atoms with van der Waals surface area (Å²) in [6.07, 6.45) is 2.48. The van der Waals surface area contributed by atoms with Crippen LogP contribution in [0.4, 0.5) is 5.69 Å². The molecule has 0 amide bonds. The third kappa shape index (κ3) is 2.86. The van der Waals surface area contributed by atoms with Crippen molar-refractivity contribution in [3.8, 4) is 6.07 Å². The number of anilines is 1. The first-order chi connectivity index (χ1) is 9.78. The summed E-state index contributed by atoms with van der Waals surface area (Å²) < 4.78 is 1.01. The van der Waals surface area contributed by atoms with Crippen LogP contribution in [0.1, 0.15) is 35.9 Å². The highest BCUT2D eigenvalue weighted by Crippen LogP contribution is 2.43. The Hall–Kier alpha value is -1.79. The summed E-state index contributed by atoms with van der Waals surface area (Å²) in [4.78, 5) is 0. The molecular weight excluding hydrogens is 312 g/mol. The second-order valence-electron chi connectivity index (χ2n) is 5.12. The van der Waals surface area contributed by atoms with Gasteiger partial charge < -0.3 is 5.32 Å². The van der Waals surface area contributed by atoms with Crippen molar-refractivity contribution in [2.24, 2.45) is 0 Å². The maximum absolute atomic E-state index is 9.51. The fourth-order valence-corrected chi connectivity index (χ4v) is 2.86. The topological polar surface area (TPSA) is 35.8 Å². The minimum Gasteiger partial charge on any atom is -0.366 e. The molecule has 1 N–H and O–H groups in total. The van der Waals surface area contributed by atoms with Crippen LogP contribution in [0.2, 0.25) is 0 Å². The maximum Gasteiger partial charge on any atom is 0.140 e. The molecule has 2 aromatic rings. The Morgan fingerprint density at radius 1 is 1.15 bits per heavy atom. The van der Waals surface area contributed by atoms with E-state index in [4.69, 9.17) is 0 Å². The van der Waals surface area contributed by atoms with Gasteiger partial charge in [-0.05, 0) is 48.1 Å². The van der Waals surface area contributed by atoms with Crippen molar-refractivity contribution in [3.05, 3.63) is 64.1 Å². The molecule has 2 aromatic carbocycles. The summed E-state index contributed by atoms with van der Waals surface area (Å²) in [6, 6.07) is 18.3. The lowest BCUT2D eigenvalue weighted by Crippen LogP contribution is -2.10. The zero-order valence-electron chi connectivity index (χ0n) is 11.0. The van der Waals surface area contributed by atoms with E-state index in [-0.39, 0.29) is 6.04 Å². The van der Waals surface area contributed by atoms with Crippen LogP contribution in [-0.4, -0.2) is 0 Å². The van der Waals surface area contributed by atoms with E-state index in [9.17, 15) is 5.26 Å². The van der Waals surface area contributed by atoms with Crippen molar-refractivity contribution in [1.82, 2.24) is 0 Å². The van der Waals surface area contributed by atoms with Gasteiger partial charge in [0.1, 0.15) is 6.04 Å². The van der Waals surface area contributed by atoms with Crippen LogP contribution in [-0.2, 0) is 0 Å². The molecule has 100 valence electrons. The highest BCUT2D eigenvalue weighted by Gasteiger charge is 2.28. The molecule has 0 aliphatic heterocycles. The van der Waals surface area contributed by atoms with Gasteiger partial charge in [-0.2, -0.15) is 5.26 Å². The van der Waals surface area contributed by atoms with Crippen LogP contribution in [0.25, 0.3) is 0 Å². The van der Waals surface area contributed by atoms with E-state index in [1.807, 2.05) is 30.3 Å². The van der Waals surface area contributed by atoms with Crippen LogP contribution < -0.4 is 5.32 Å². The quantitative estimate of drug-likeness (QED) is 0.857. The highest BCUT2D eigenvalue weighted by atomic mass is 79.9. The predicted octanol–water partition coefficient (Wildman–Crippen LogP) is 5.00. The number of nitriles is 1. The van der Waals surface area contributed by atoms with Crippen LogP contribution in [0, 0.1) is 11.3 Å². The van der Waals surface area contributed by atoms with E-state index in [0.29, 0.717) is 5.92 Å². The third-order valence-electron chi connectivity index (χ3n) is 3.59. The van der Waals surface area contributed by atoms with Crippen LogP contribution in [0.5, 0.6) is 0 Å². The molecule has 0 spiro atoms. The minimum absolute atomic E-state index is 0.305. The second-order valence-corrected chi connectivity index (χ2v) is 6.04. The lowest BCUT2D eigenvalue weighted by atomic mass is 9.97. The molecule has 3 rings (SSSR count). The zero-order chi connectivity index (χ0) is 13.9. The van der Waals surface area contributed by atoms with Gasteiger partial charge in [0.05, 0.1) is 6.07 Å². The number of hydrogen-bond donors (Lipinski definition) is 1. The van der Waals surface area contributed by atoms with E-state index in [0.717, 1.165) is 15.7 Å². The van der Waals surface area contributed by atoms with Gasteiger partial charge in [-0.1, -0.05) is 46.3 Å². The summed E-state index contributed by atoms with van der Waals surface area (Å²) in [7, 11) is 0. The lowest BCUT2D eigenvalue weighted by molar-refractivity contribution is 0.949. The first-order valence-corrected chi connectivity index (χ1v) is 7.58. The second kappa shape index (κ2) is 5.68. The number of benzene rings is 2. The van der Waals surface area contributed by atoms with Crippen molar-refractivity contribution in [3.63, 3.8) is 0 Å². The molecule has 0 saturated heterocycles. The van der Waals surface area contributed by atoms with Crippen LogP contribution in [0.15, 0.2) is 53.0 Å². The molecular formula is C17H15BrN2. The smallest absolute Gasteiger partial charge is 0.140 e. The summed E-state index contributed by atoms with van der Waals surface area (Å²) in [5.41, 5.74) is 3.38. The molecule has 0 aromatic heterocycles. The van der Waals surface area contributed by atoms with Gasteiger partial charge in [0.25, 0.3) is 0 Å². The zero-order valence-corrected chi connectivity index (χ0v) is 12.6. The van der Waals surface area contributed by atoms with Crippen molar-refractivity contribution in [2.75, 3.05) is 5.32 Å². The van der Waals surface area contributed by atoms with E-state index in [1.54, 1.807) is 0 Å². The summed E-state index contributed by atoms with van der Waals surface area (Å²) in [6.45, 7) is 0. The molecule has 1 saturated carbocycles. The number of nitrogens with zero attached hydrogens (tertiary/aromatic N) is 1. The first kappa shape index (κ1) is 13.2. The van der Waals surface area contributed by atoms with Crippen LogP contribution >= 0.6 is 15.9 Å². The Labute approximate surface area is 127 Å². The standard InChI is InChI=1S/C17H15BrN2/c18-13-4-3-5-14(10-13)20-17(11-19)16-7-2-1-6-15(16)12-8-9-12/h1-7,10,12,17,20H,8-9H2. The Morgan fingerprint density at radius 2 is 1.95 bits per heavy atom. The number of hydrogen-bond acceptors (Lipinski definition) is 2. The fourth-order valence-electron chi connectivity index (χ4n) is 2.46. The molecule has 1 atom stereocenters. The van der Waals surface area contributed by atoms with E-state index in [1.165, 1.54) is 18.4 Å². The third-order valence-corrected chi connectivity index (χ3v) is 4.08. The molecule has 0 bridgehead atoms. The molecule has 3 heteroatoms. The van der Waals surface area contributed by atoms with Crippen LogP contribution in [0.3, 0.4) is 0 Å². The Balaban J connectivity index is 1.89. The number of halogens is 1. The van der Waals surface area contributed by atoms with E-state index >= 15 is 0 Å². The molecule has 1 unspecified atom stereocenters. The normalized spacial score (nSPS) is 15.4. The number of rotatable bonds is 4. The van der Waals surface area contributed by atoms with Gasteiger partial charge in [0.15, 0.2) is 0 Å². The Morgan fingerprint density at radius 3 is 2.65 bits per heavy atom. The minimum atomic E-state index is -0.305. The Bertz CT molecular complexity index is 656. The predicted molar refractivity (Wildman–Crippen MR) is 84.5 cm³/mol. The monoisotopic (exact) mass is 326 g/mol.